The highest BCUT2D eigenvalue weighted by atomic mass is 32.2. The summed E-state index contributed by atoms with van der Waals surface area (Å²) in [6, 6.07) is 15.2. The van der Waals surface area contributed by atoms with Crippen LogP contribution < -0.4 is 15.5 Å². The Balaban J connectivity index is 1.75. The maximum absolute atomic E-state index is 12.2. The smallest absolute Gasteiger partial charge is 0.257 e. The van der Waals surface area contributed by atoms with E-state index >= 15 is 0 Å². The first-order valence-electron chi connectivity index (χ1n) is 9.89. The quantitative estimate of drug-likeness (QED) is 0.344. The second-order valence-electron chi connectivity index (χ2n) is 7.36. The topological polar surface area (TPSA) is 79.8 Å². The predicted octanol–water partition coefficient (Wildman–Crippen LogP) is 3.78. The van der Waals surface area contributed by atoms with E-state index in [1.165, 1.54) is 17.3 Å². The average molecular weight is 428 g/mol. The lowest BCUT2D eigenvalue weighted by atomic mass is 10.2. The molecule has 0 aliphatic rings. The molecule has 0 fully saturated rings. The van der Waals surface area contributed by atoms with Crippen molar-refractivity contribution in [3.8, 4) is 5.75 Å². The van der Waals surface area contributed by atoms with Gasteiger partial charge in [0.25, 0.3) is 11.8 Å². The average Bonchev–Trinajstić information content (AvgIpc) is 2.73. The molecule has 0 saturated carbocycles. The number of nitrogens with zero attached hydrogens (tertiary/aromatic N) is 1. The predicted molar refractivity (Wildman–Crippen MR) is 122 cm³/mol. The highest BCUT2D eigenvalue weighted by Gasteiger charge is 2.13. The fourth-order valence-electron chi connectivity index (χ4n) is 2.30. The molecule has 2 aromatic carbocycles. The van der Waals surface area contributed by atoms with Gasteiger partial charge in [-0.1, -0.05) is 31.5 Å². The molecule has 0 spiro atoms. The molecular weight excluding hydrogens is 398 g/mol. The van der Waals surface area contributed by atoms with Gasteiger partial charge >= 0.3 is 0 Å². The van der Waals surface area contributed by atoms with E-state index in [0.717, 1.165) is 10.5 Å². The fraction of sp³-hybridized carbons (Fsp3) is 0.348. The SMILES string of the molecule is Cc1ccc(S[C@@H](C)C(=O)N/N=C\c2ccc(OCC(=O)NCC(C)C)cc2)cc1. The highest BCUT2D eigenvalue weighted by molar-refractivity contribution is 8.00. The Hall–Kier alpha value is -2.80. The summed E-state index contributed by atoms with van der Waals surface area (Å²) in [7, 11) is 0. The number of nitrogens with one attached hydrogen (secondary N) is 2. The number of ether oxygens (including phenoxy) is 1. The van der Waals surface area contributed by atoms with Crippen LogP contribution in [0.5, 0.6) is 5.75 Å². The minimum absolute atomic E-state index is 0.0211. The number of amides is 2. The highest BCUT2D eigenvalue weighted by Crippen LogP contribution is 2.23. The van der Waals surface area contributed by atoms with Crippen molar-refractivity contribution in [3.05, 3.63) is 59.7 Å². The molecule has 2 N–H and O–H groups in total. The van der Waals surface area contributed by atoms with Gasteiger partial charge in [0.15, 0.2) is 6.61 Å². The van der Waals surface area contributed by atoms with Crippen molar-refractivity contribution in [3.63, 3.8) is 0 Å². The molecule has 0 aliphatic heterocycles. The molecule has 1 atom stereocenters. The number of carbonyl (C=O) groups excluding carboxylic acids is 2. The molecule has 160 valence electrons. The zero-order valence-corrected chi connectivity index (χ0v) is 18.7. The van der Waals surface area contributed by atoms with Crippen molar-refractivity contribution in [2.24, 2.45) is 11.0 Å². The summed E-state index contributed by atoms with van der Waals surface area (Å²) >= 11 is 1.49. The third kappa shape index (κ3) is 8.69. The van der Waals surface area contributed by atoms with Crippen LogP contribution in [0, 0.1) is 12.8 Å². The van der Waals surface area contributed by atoms with Crippen molar-refractivity contribution < 1.29 is 14.3 Å². The van der Waals surface area contributed by atoms with E-state index in [9.17, 15) is 9.59 Å². The molecule has 7 heteroatoms. The maximum Gasteiger partial charge on any atom is 0.257 e. The van der Waals surface area contributed by atoms with Gasteiger partial charge in [0.1, 0.15) is 5.75 Å². The first-order chi connectivity index (χ1) is 14.3. The maximum atomic E-state index is 12.2. The Labute approximate surface area is 182 Å². The van der Waals surface area contributed by atoms with Gasteiger partial charge in [0.05, 0.1) is 11.5 Å². The fourth-order valence-corrected chi connectivity index (χ4v) is 3.17. The minimum atomic E-state index is -0.262. The Morgan fingerprint density at radius 1 is 1.07 bits per heavy atom. The van der Waals surface area contributed by atoms with Crippen LogP contribution in [0.2, 0.25) is 0 Å². The van der Waals surface area contributed by atoms with Crippen molar-refractivity contribution in [2.75, 3.05) is 13.2 Å². The van der Waals surface area contributed by atoms with Gasteiger partial charge in [-0.25, -0.2) is 5.43 Å². The number of thioether (sulfide) groups is 1. The van der Waals surface area contributed by atoms with Crippen LogP contribution >= 0.6 is 11.8 Å². The molecule has 0 radical (unpaired) electrons. The van der Waals surface area contributed by atoms with Crippen LogP contribution in [0.25, 0.3) is 0 Å². The summed E-state index contributed by atoms with van der Waals surface area (Å²) in [4.78, 5) is 24.9. The van der Waals surface area contributed by atoms with Gasteiger partial charge in [-0.3, -0.25) is 9.59 Å². The van der Waals surface area contributed by atoms with Crippen LogP contribution in [-0.4, -0.2) is 36.4 Å². The number of hydrogen-bond donors (Lipinski definition) is 2. The first-order valence-corrected chi connectivity index (χ1v) is 10.8. The van der Waals surface area contributed by atoms with Gasteiger partial charge in [0, 0.05) is 11.4 Å². The van der Waals surface area contributed by atoms with Crippen LogP contribution in [0.15, 0.2) is 58.5 Å². The van der Waals surface area contributed by atoms with Crippen LogP contribution in [0.4, 0.5) is 0 Å². The molecule has 0 heterocycles. The van der Waals surface area contributed by atoms with Gasteiger partial charge in [-0.2, -0.15) is 5.10 Å². The van der Waals surface area contributed by atoms with E-state index in [-0.39, 0.29) is 23.7 Å². The molecule has 0 bridgehead atoms. The van der Waals surface area contributed by atoms with Gasteiger partial charge in [-0.15, -0.1) is 11.8 Å². The van der Waals surface area contributed by atoms with Crippen LogP contribution in [0.3, 0.4) is 0 Å². The van der Waals surface area contributed by atoms with Gasteiger partial charge < -0.3 is 10.1 Å². The van der Waals surface area contributed by atoms with Crippen LogP contribution in [0.1, 0.15) is 31.9 Å². The third-order valence-electron chi connectivity index (χ3n) is 4.05. The number of hydrogen-bond acceptors (Lipinski definition) is 5. The van der Waals surface area contributed by atoms with Gasteiger partial charge in [-0.05, 0) is 61.7 Å². The lowest BCUT2D eigenvalue weighted by Gasteiger charge is -2.10. The van der Waals surface area contributed by atoms with Crippen molar-refractivity contribution in [1.82, 2.24) is 10.7 Å². The molecule has 30 heavy (non-hydrogen) atoms. The molecule has 0 unspecified atom stereocenters. The molecule has 0 aromatic heterocycles. The number of hydrazone groups is 1. The van der Waals surface area contributed by atoms with E-state index < -0.39 is 0 Å². The summed E-state index contributed by atoms with van der Waals surface area (Å²) < 4.78 is 5.46. The molecule has 0 saturated heterocycles. The lowest BCUT2D eigenvalue weighted by molar-refractivity contribution is -0.123. The second kappa shape index (κ2) is 12.0. The summed E-state index contributed by atoms with van der Waals surface area (Å²) in [5, 5.41) is 6.56. The van der Waals surface area contributed by atoms with Crippen LogP contribution in [-0.2, 0) is 9.59 Å². The minimum Gasteiger partial charge on any atom is -0.484 e. The Kier molecular flexibility index (Phi) is 9.41. The molecule has 6 nitrogen and oxygen atoms in total. The molecule has 2 aromatic rings. The van der Waals surface area contributed by atoms with E-state index in [1.54, 1.807) is 18.3 Å². The van der Waals surface area contributed by atoms with Gasteiger partial charge in [0.2, 0.25) is 0 Å². The number of rotatable bonds is 10. The largest absolute Gasteiger partial charge is 0.484 e. The Morgan fingerprint density at radius 2 is 1.73 bits per heavy atom. The summed E-state index contributed by atoms with van der Waals surface area (Å²) in [5.41, 5.74) is 4.56. The summed E-state index contributed by atoms with van der Waals surface area (Å²) in [5.74, 6) is 0.690. The Bertz CT molecular complexity index is 849. The zero-order valence-electron chi connectivity index (χ0n) is 17.8. The van der Waals surface area contributed by atoms with E-state index in [2.05, 4.69) is 15.8 Å². The van der Waals surface area contributed by atoms with Crippen molar-refractivity contribution in [2.45, 2.75) is 37.8 Å². The monoisotopic (exact) mass is 427 g/mol. The number of carbonyl (C=O) groups is 2. The normalized spacial score (nSPS) is 12.0. The zero-order chi connectivity index (χ0) is 21.9. The molecular formula is C23H29N3O3S. The number of aryl methyl sites for hydroxylation is 1. The van der Waals surface area contributed by atoms with Crippen molar-refractivity contribution in [1.29, 1.82) is 0 Å². The first kappa shape index (κ1) is 23.5. The lowest BCUT2D eigenvalue weighted by Crippen LogP contribution is -2.31. The van der Waals surface area contributed by atoms with E-state index in [4.69, 9.17) is 4.74 Å². The number of benzene rings is 2. The standard InChI is InChI=1S/C23H29N3O3S/c1-16(2)13-24-22(27)15-29-20-9-7-19(8-10-20)14-25-26-23(28)18(4)30-21-11-5-17(3)6-12-21/h5-12,14,16,18H,13,15H2,1-4H3,(H,24,27)(H,26,28)/b25-14-/t18-/m0/s1. The molecule has 2 rings (SSSR count). The van der Waals surface area contributed by atoms with E-state index in [0.29, 0.717) is 18.2 Å². The summed E-state index contributed by atoms with van der Waals surface area (Å²) in [6.45, 7) is 8.56. The Morgan fingerprint density at radius 3 is 2.37 bits per heavy atom. The van der Waals surface area contributed by atoms with Crippen molar-refractivity contribution >= 4 is 29.8 Å². The second-order valence-corrected chi connectivity index (χ2v) is 8.78. The van der Waals surface area contributed by atoms with E-state index in [1.807, 2.05) is 64.1 Å². The third-order valence-corrected chi connectivity index (χ3v) is 5.16. The molecule has 0 aliphatic carbocycles. The summed E-state index contributed by atoms with van der Waals surface area (Å²) in [6.07, 6.45) is 1.57. The molecule has 2 amide bonds.